The van der Waals surface area contributed by atoms with Crippen molar-refractivity contribution in [1.82, 2.24) is 4.90 Å². The van der Waals surface area contributed by atoms with Crippen molar-refractivity contribution in [1.29, 1.82) is 0 Å². The number of benzene rings is 1. The van der Waals surface area contributed by atoms with Gasteiger partial charge in [0.2, 0.25) is 0 Å². The summed E-state index contributed by atoms with van der Waals surface area (Å²) in [7, 11) is 2.18. The van der Waals surface area contributed by atoms with Gasteiger partial charge in [-0.15, -0.1) is 0 Å². The number of hydrogen-bond donors (Lipinski definition) is 0. The minimum absolute atomic E-state index is 0.249. The molecule has 0 aliphatic heterocycles. The van der Waals surface area contributed by atoms with E-state index in [0.717, 1.165) is 19.5 Å². The number of hydrogen-bond acceptors (Lipinski definition) is 1. The summed E-state index contributed by atoms with van der Waals surface area (Å²) in [6.07, 6.45) is 1.15. The van der Waals surface area contributed by atoms with Gasteiger partial charge >= 0.3 is 0 Å². The van der Waals surface area contributed by atoms with E-state index in [-0.39, 0.29) is 5.41 Å². The molecule has 0 saturated heterocycles. The van der Waals surface area contributed by atoms with E-state index in [1.165, 1.54) is 16.7 Å². The molecule has 0 amide bonds. The Hall–Kier alpha value is -0.820. The van der Waals surface area contributed by atoms with Crippen molar-refractivity contribution in [3.8, 4) is 0 Å². The van der Waals surface area contributed by atoms with Gasteiger partial charge in [0, 0.05) is 6.54 Å². The van der Waals surface area contributed by atoms with Gasteiger partial charge in [0.25, 0.3) is 0 Å². The fourth-order valence-electron chi connectivity index (χ4n) is 1.88. The average Bonchev–Trinajstić information content (AvgIpc) is 2.26. The maximum atomic E-state index is 2.39. The first kappa shape index (κ1) is 14.2. The molecule has 0 spiro atoms. The maximum absolute atomic E-state index is 2.39. The van der Waals surface area contributed by atoms with Gasteiger partial charge < -0.3 is 4.90 Å². The van der Waals surface area contributed by atoms with Crippen molar-refractivity contribution < 1.29 is 0 Å². The third kappa shape index (κ3) is 4.16. The summed E-state index contributed by atoms with van der Waals surface area (Å²) >= 11 is 0. The van der Waals surface area contributed by atoms with E-state index in [9.17, 15) is 0 Å². The Kier molecular flexibility index (Phi) is 4.76. The van der Waals surface area contributed by atoms with Crippen LogP contribution in [0.15, 0.2) is 18.2 Å². The van der Waals surface area contributed by atoms with Crippen LogP contribution in [0.3, 0.4) is 0 Å². The molecule has 0 unspecified atom stereocenters. The molecular formula is C16H27N. The van der Waals surface area contributed by atoms with Crippen LogP contribution in [-0.2, 0) is 11.8 Å². The van der Waals surface area contributed by atoms with Crippen molar-refractivity contribution in [2.75, 3.05) is 20.1 Å². The van der Waals surface area contributed by atoms with Gasteiger partial charge in [-0.3, -0.25) is 0 Å². The van der Waals surface area contributed by atoms with Gasteiger partial charge in [-0.1, -0.05) is 45.9 Å². The first-order valence-electron chi connectivity index (χ1n) is 6.63. The van der Waals surface area contributed by atoms with Crippen LogP contribution in [0.25, 0.3) is 0 Å². The lowest BCUT2D eigenvalue weighted by molar-refractivity contribution is 0.357. The van der Waals surface area contributed by atoms with Crippen LogP contribution in [0.2, 0.25) is 0 Å². The fraction of sp³-hybridized carbons (Fsp3) is 0.625. The van der Waals surface area contributed by atoms with Crippen LogP contribution in [0, 0.1) is 6.92 Å². The molecule has 0 aromatic heterocycles. The van der Waals surface area contributed by atoms with Crippen LogP contribution in [0.4, 0.5) is 0 Å². The highest BCUT2D eigenvalue weighted by Gasteiger charge is 2.14. The zero-order valence-electron chi connectivity index (χ0n) is 12.3. The molecule has 0 saturated carbocycles. The summed E-state index contributed by atoms with van der Waals surface area (Å²) in [4.78, 5) is 2.36. The molecular weight excluding hydrogens is 206 g/mol. The van der Waals surface area contributed by atoms with Crippen molar-refractivity contribution in [3.63, 3.8) is 0 Å². The summed E-state index contributed by atoms with van der Waals surface area (Å²) in [5.74, 6) is 0. The number of aryl methyl sites for hydroxylation is 1. The van der Waals surface area contributed by atoms with E-state index in [1.54, 1.807) is 0 Å². The summed E-state index contributed by atoms with van der Waals surface area (Å²) in [6, 6.07) is 6.92. The standard InChI is InChI=1S/C16H27N/c1-7-17(6)11-10-14-12-15(16(3,4)5)9-8-13(14)2/h8-9,12H,7,10-11H2,1-6H3. The van der Waals surface area contributed by atoms with Crippen LogP contribution in [-0.4, -0.2) is 25.0 Å². The van der Waals surface area contributed by atoms with Crippen LogP contribution >= 0.6 is 0 Å². The van der Waals surface area contributed by atoms with Gasteiger partial charge in [-0.2, -0.15) is 0 Å². The third-order valence-electron chi connectivity index (χ3n) is 3.52. The largest absolute Gasteiger partial charge is 0.306 e. The van der Waals surface area contributed by atoms with Gasteiger partial charge in [-0.05, 0) is 49.0 Å². The molecule has 0 bridgehead atoms. The lowest BCUT2D eigenvalue weighted by Gasteiger charge is -2.21. The number of rotatable bonds is 4. The summed E-state index contributed by atoms with van der Waals surface area (Å²) in [5.41, 5.74) is 4.61. The Morgan fingerprint density at radius 2 is 1.82 bits per heavy atom. The van der Waals surface area contributed by atoms with E-state index >= 15 is 0 Å². The van der Waals surface area contributed by atoms with Gasteiger partial charge in [0.15, 0.2) is 0 Å². The van der Waals surface area contributed by atoms with Gasteiger partial charge in [0.1, 0.15) is 0 Å². The van der Waals surface area contributed by atoms with Crippen molar-refractivity contribution in [2.45, 2.75) is 46.5 Å². The second-order valence-electron chi connectivity index (χ2n) is 6.04. The second-order valence-corrected chi connectivity index (χ2v) is 6.04. The zero-order valence-corrected chi connectivity index (χ0v) is 12.3. The molecule has 0 aliphatic carbocycles. The van der Waals surface area contributed by atoms with E-state index in [1.807, 2.05) is 0 Å². The summed E-state index contributed by atoms with van der Waals surface area (Å²) < 4.78 is 0. The average molecular weight is 233 g/mol. The van der Waals surface area contributed by atoms with Crippen molar-refractivity contribution in [3.05, 3.63) is 34.9 Å². The maximum Gasteiger partial charge on any atom is 0.00188 e. The van der Waals surface area contributed by atoms with Crippen LogP contribution in [0.1, 0.15) is 44.4 Å². The molecule has 0 N–H and O–H groups in total. The Morgan fingerprint density at radius 1 is 1.18 bits per heavy atom. The Bertz CT molecular complexity index is 360. The molecule has 1 aromatic carbocycles. The molecule has 0 aliphatic rings. The Labute approximate surface area is 107 Å². The molecule has 0 fully saturated rings. The molecule has 0 radical (unpaired) electrons. The monoisotopic (exact) mass is 233 g/mol. The molecule has 1 nitrogen and oxygen atoms in total. The SMILES string of the molecule is CCN(C)CCc1cc(C(C)(C)C)ccc1C. The molecule has 1 rings (SSSR count). The second kappa shape index (κ2) is 5.68. The highest BCUT2D eigenvalue weighted by Crippen LogP contribution is 2.24. The van der Waals surface area contributed by atoms with Crippen molar-refractivity contribution >= 4 is 0 Å². The number of nitrogens with zero attached hydrogens (tertiary/aromatic N) is 1. The van der Waals surface area contributed by atoms with E-state index in [0.29, 0.717) is 0 Å². The lowest BCUT2D eigenvalue weighted by atomic mass is 9.85. The molecule has 96 valence electrons. The minimum Gasteiger partial charge on any atom is -0.306 e. The smallest absolute Gasteiger partial charge is 0.00188 e. The predicted molar refractivity (Wildman–Crippen MR) is 76.8 cm³/mol. The number of likely N-dealkylation sites (N-methyl/N-ethyl adjacent to an activating group) is 1. The quantitative estimate of drug-likeness (QED) is 0.765. The first-order chi connectivity index (χ1) is 7.84. The van der Waals surface area contributed by atoms with E-state index < -0.39 is 0 Å². The fourth-order valence-corrected chi connectivity index (χ4v) is 1.88. The minimum atomic E-state index is 0.249. The van der Waals surface area contributed by atoms with Gasteiger partial charge in [-0.25, -0.2) is 0 Å². The summed E-state index contributed by atoms with van der Waals surface area (Å²) in [6.45, 7) is 13.5. The van der Waals surface area contributed by atoms with Gasteiger partial charge in [0.05, 0.1) is 0 Å². The lowest BCUT2D eigenvalue weighted by Crippen LogP contribution is -2.21. The highest BCUT2D eigenvalue weighted by atomic mass is 15.1. The van der Waals surface area contributed by atoms with Crippen molar-refractivity contribution in [2.24, 2.45) is 0 Å². The van der Waals surface area contributed by atoms with E-state index in [2.05, 4.69) is 64.8 Å². The normalized spacial score (nSPS) is 12.2. The summed E-state index contributed by atoms with van der Waals surface area (Å²) in [5, 5.41) is 0. The zero-order chi connectivity index (χ0) is 13.1. The molecule has 0 heterocycles. The third-order valence-corrected chi connectivity index (χ3v) is 3.52. The Balaban J connectivity index is 2.84. The molecule has 17 heavy (non-hydrogen) atoms. The predicted octanol–water partition coefficient (Wildman–Crippen LogP) is 3.79. The Morgan fingerprint density at radius 3 is 2.35 bits per heavy atom. The molecule has 1 heteroatoms. The highest BCUT2D eigenvalue weighted by molar-refractivity contribution is 5.34. The van der Waals surface area contributed by atoms with Crippen LogP contribution in [0.5, 0.6) is 0 Å². The van der Waals surface area contributed by atoms with Crippen LogP contribution < -0.4 is 0 Å². The van der Waals surface area contributed by atoms with E-state index in [4.69, 9.17) is 0 Å². The topological polar surface area (TPSA) is 3.24 Å². The molecule has 0 atom stereocenters. The molecule has 1 aromatic rings. The first-order valence-corrected chi connectivity index (χ1v) is 6.63.